The van der Waals surface area contributed by atoms with E-state index < -0.39 is 35.3 Å². The number of fused-ring (bicyclic) bond motifs is 1. The van der Waals surface area contributed by atoms with E-state index in [1.54, 1.807) is 0 Å². The summed E-state index contributed by atoms with van der Waals surface area (Å²) in [5, 5.41) is 16.1. The number of hydrogen-bond donors (Lipinski definition) is 3. The van der Waals surface area contributed by atoms with Crippen molar-refractivity contribution < 1.29 is 24.3 Å². The molecule has 3 heterocycles. The van der Waals surface area contributed by atoms with Crippen LogP contribution in [0.5, 0.6) is 0 Å². The van der Waals surface area contributed by atoms with Crippen molar-refractivity contribution >= 4 is 68.7 Å². The Bertz CT molecular complexity index is 1460. The maximum atomic E-state index is 13.6. The Balaban J connectivity index is 0.00000370. The summed E-state index contributed by atoms with van der Waals surface area (Å²) >= 11 is 2.45. The molecule has 40 heavy (non-hydrogen) atoms. The summed E-state index contributed by atoms with van der Waals surface area (Å²) in [5.74, 6) is -1.60. The van der Waals surface area contributed by atoms with Crippen LogP contribution in [-0.2, 0) is 19.1 Å². The number of oxime groups is 1. The average Bonchev–Trinajstić information content (AvgIpc) is 3.40. The molecule has 5 rings (SSSR count). The normalized spacial score (nSPS) is 18.4. The number of hydrogen-bond acceptors (Lipinski definition) is 10. The molecule has 0 spiro atoms. The number of amides is 2. The Hall–Kier alpha value is -3.94. The third-order valence-corrected chi connectivity index (χ3v) is 8.21. The highest BCUT2D eigenvalue weighted by Crippen LogP contribution is 2.42. The van der Waals surface area contributed by atoms with Gasteiger partial charge >= 0.3 is 5.97 Å². The molecule has 1 saturated heterocycles. The largest absolute Gasteiger partial charge is 0.448 e. The quantitative estimate of drug-likeness (QED) is 0.111. The van der Waals surface area contributed by atoms with Crippen molar-refractivity contribution in [3.05, 3.63) is 107 Å². The second-order valence-corrected chi connectivity index (χ2v) is 10.6. The fourth-order valence-electron chi connectivity index (χ4n) is 4.35. The highest BCUT2D eigenvalue weighted by atomic mass is 79.9. The van der Waals surface area contributed by atoms with Crippen LogP contribution in [0.25, 0.3) is 0 Å². The van der Waals surface area contributed by atoms with E-state index in [0.29, 0.717) is 11.3 Å². The number of anilines is 1. The number of thioether (sulfide) groups is 1. The van der Waals surface area contributed by atoms with E-state index in [4.69, 9.17) is 10.5 Å². The Kier molecular flexibility index (Phi) is 9.07. The zero-order valence-corrected chi connectivity index (χ0v) is 24.1. The fourth-order valence-corrected chi connectivity index (χ4v) is 6.24. The van der Waals surface area contributed by atoms with E-state index in [0.717, 1.165) is 22.5 Å². The number of β-lactam (4-membered cyclic amide) rings is 1. The molecule has 2 aliphatic heterocycles. The molecule has 2 atom stereocenters. The number of carbonyl (C=O) groups is 3. The maximum Gasteiger partial charge on any atom is 0.356 e. The highest BCUT2D eigenvalue weighted by Gasteiger charge is 2.54. The topological polar surface area (TPSA) is 147 Å². The van der Waals surface area contributed by atoms with Crippen LogP contribution < -0.4 is 11.1 Å². The van der Waals surface area contributed by atoms with Gasteiger partial charge in [0.1, 0.15) is 22.8 Å². The summed E-state index contributed by atoms with van der Waals surface area (Å²) in [6, 6.07) is 17.7. The van der Waals surface area contributed by atoms with Crippen molar-refractivity contribution in [3.8, 4) is 0 Å². The zero-order chi connectivity index (χ0) is 27.5. The number of benzene rings is 2. The first-order valence-corrected chi connectivity index (χ1v) is 13.7. The van der Waals surface area contributed by atoms with E-state index in [-0.39, 0.29) is 39.2 Å². The monoisotopic (exact) mass is 641 g/mol. The summed E-state index contributed by atoms with van der Waals surface area (Å²) in [7, 11) is 0. The third kappa shape index (κ3) is 5.53. The number of rotatable bonds is 8. The molecule has 206 valence electrons. The van der Waals surface area contributed by atoms with Crippen LogP contribution in [0, 0.1) is 0 Å². The first kappa shape index (κ1) is 29.1. The van der Waals surface area contributed by atoms with E-state index >= 15 is 0 Å². The minimum absolute atomic E-state index is 0. The van der Waals surface area contributed by atoms with Crippen molar-refractivity contribution in [1.82, 2.24) is 15.2 Å². The molecule has 1 fully saturated rings. The summed E-state index contributed by atoms with van der Waals surface area (Å²) in [6.45, 7) is 3.81. The number of aromatic nitrogens is 1. The van der Waals surface area contributed by atoms with Gasteiger partial charge in [-0.05, 0) is 16.7 Å². The predicted octanol–water partition coefficient (Wildman–Crippen LogP) is 3.65. The van der Waals surface area contributed by atoms with Crippen molar-refractivity contribution in [2.75, 3.05) is 11.5 Å². The van der Waals surface area contributed by atoms with Gasteiger partial charge in [0.05, 0.1) is 0 Å². The number of carbonyl (C=O) groups excluding carboxylic acids is 3. The van der Waals surface area contributed by atoms with Crippen molar-refractivity contribution in [3.63, 3.8) is 0 Å². The van der Waals surface area contributed by atoms with Gasteiger partial charge in [0.25, 0.3) is 11.8 Å². The molecule has 0 aliphatic carbocycles. The zero-order valence-electron chi connectivity index (χ0n) is 20.8. The second kappa shape index (κ2) is 12.5. The number of nitrogens with two attached hydrogens (primary N) is 1. The van der Waals surface area contributed by atoms with Gasteiger partial charge in [-0.1, -0.05) is 78.5 Å². The number of nitrogen functional groups attached to an aromatic ring is 1. The number of esters is 1. The molecule has 13 heteroatoms. The number of ether oxygens (including phenoxy) is 1. The first-order valence-electron chi connectivity index (χ1n) is 11.8. The van der Waals surface area contributed by atoms with Crippen molar-refractivity contribution in [1.29, 1.82) is 0 Å². The van der Waals surface area contributed by atoms with Gasteiger partial charge in [-0.15, -0.1) is 40.1 Å². The molecule has 0 radical (unpaired) electrons. The van der Waals surface area contributed by atoms with Gasteiger partial charge in [0.2, 0.25) is 0 Å². The molecule has 2 aromatic carbocycles. The average molecular weight is 643 g/mol. The Morgan fingerprint density at radius 3 is 2.33 bits per heavy atom. The lowest BCUT2D eigenvalue weighted by molar-refractivity contribution is -0.154. The van der Waals surface area contributed by atoms with E-state index in [9.17, 15) is 19.6 Å². The van der Waals surface area contributed by atoms with Gasteiger partial charge in [-0.25, -0.2) is 9.78 Å². The lowest BCUT2D eigenvalue weighted by Crippen LogP contribution is -2.71. The lowest BCUT2D eigenvalue weighted by Gasteiger charge is -2.49. The van der Waals surface area contributed by atoms with Crippen LogP contribution in [-0.4, -0.2) is 55.8 Å². The smallest absolute Gasteiger partial charge is 0.356 e. The molecular weight excluding hydrogens is 618 g/mol. The van der Waals surface area contributed by atoms with E-state index in [1.807, 2.05) is 60.7 Å². The van der Waals surface area contributed by atoms with Gasteiger partial charge in [0.15, 0.2) is 16.9 Å². The van der Waals surface area contributed by atoms with Gasteiger partial charge < -0.3 is 21.0 Å². The highest BCUT2D eigenvalue weighted by molar-refractivity contribution is 8.93. The molecule has 4 N–H and O–H groups in total. The molecule has 1 unspecified atom stereocenters. The number of nitrogens with zero attached hydrogens (tertiary/aromatic N) is 3. The second-order valence-electron chi connectivity index (χ2n) is 8.57. The molecular formula is C27H24BrN5O5S2. The Morgan fingerprint density at radius 2 is 1.80 bits per heavy atom. The van der Waals surface area contributed by atoms with Gasteiger partial charge in [0, 0.05) is 11.1 Å². The first-order chi connectivity index (χ1) is 18.9. The maximum absolute atomic E-state index is 13.6. The lowest BCUT2D eigenvalue weighted by atomic mass is 10.0. The number of halogens is 1. The Morgan fingerprint density at radius 1 is 1.18 bits per heavy atom. The van der Waals surface area contributed by atoms with Crippen LogP contribution in [0.1, 0.15) is 22.9 Å². The van der Waals surface area contributed by atoms with E-state index in [1.165, 1.54) is 28.1 Å². The van der Waals surface area contributed by atoms with Crippen LogP contribution in [0.4, 0.5) is 5.13 Å². The van der Waals surface area contributed by atoms with E-state index in [2.05, 4.69) is 22.0 Å². The van der Waals surface area contributed by atoms with Gasteiger partial charge in [-0.3, -0.25) is 14.5 Å². The summed E-state index contributed by atoms with van der Waals surface area (Å²) < 4.78 is 6.02. The van der Waals surface area contributed by atoms with Crippen molar-refractivity contribution in [2.45, 2.75) is 17.5 Å². The van der Waals surface area contributed by atoms with Crippen LogP contribution >= 0.6 is 40.1 Å². The molecule has 3 aromatic rings. The fraction of sp³-hybridized carbons (Fsp3) is 0.148. The minimum Gasteiger partial charge on any atom is -0.448 e. The molecule has 2 amide bonds. The van der Waals surface area contributed by atoms with Crippen LogP contribution in [0.3, 0.4) is 0 Å². The molecule has 1 aromatic heterocycles. The molecule has 2 aliphatic rings. The molecule has 0 saturated carbocycles. The molecule has 10 nitrogen and oxygen atoms in total. The van der Waals surface area contributed by atoms with Crippen LogP contribution in [0.15, 0.2) is 95.1 Å². The Labute approximate surface area is 248 Å². The molecule has 0 bridgehead atoms. The standard InChI is InChI=1S/C27H23N5O5S2.BrH/c1-2-15-13-38-25-20(30-23(33)19(31-36)18-14-39-27(28)29-18)24(34)32(25)21(15)26(35)37-22(16-9-5-3-6-10-16)17-11-7-4-8-12-17;/h2-12,14,20,22,25,36H,1,13H2,(H2,28,29)(H,30,33);1H/t20?,25-;/m0./s1. The van der Waals surface area contributed by atoms with Gasteiger partial charge in [-0.2, -0.15) is 0 Å². The summed E-state index contributed by atoms with van der Waals surface area (Å²) in [4.78, 5) is 45.0. The predicted molar refractivity (Wildman–Crippen MR) is 158 cm³/mol. The number of nitrogens with one attached hydrogen (secondary N) is 1. The minimum atomic E-state index is -0.955. The summed E-state index contributed by atoms with van der Waals surface area (Å²) in [6.07, 6.45) is 0.828. The summed E-state index contributed by atoms with van der Waals surface area (Å²) in [5.41, 5.74) is 7.52. The van der Waals surface area contributed by atoms with Crippen LogP contribution in [0.2, 0.25) is 0 Å². The number of thiazole rings is 1. The number of allylic oxidation sites excluding steroid dienone is 1. The van der Waals surface area contributed by atoms with Crippen molar-refractivity contribution in [2.24, 2.45) is 5.16 Å². The SMILES string of the molecule is Br.C=CC1=C(C(=O)OC(c2ccccc2)c2ccccc2)N2C(=O)C(NC(=O)C(=NO)c3csc(N)n3)[C@@H]2SC1. The third-order valence-electron chi connectivity index (χ3n) is 6.23.